The third-order valence-corrected chi connectivity index (χ3v) is 7.19. The van der Waals surface area contributed by atoms with Gasteiger partial charge in [-0.1, -0.05) is 49.4 Å². The van der Waals surface area contributed by atoms with Gasteiger partial charge in [-0.15, -0.1) is 0 Å². The number of aliphatic carboxylic acids is 3. The number of nitrogens with one attached hydrogen (secondary N) is 1. The molecular weight excluding hydrogens is 506 g/mol. The molecule has 0 aromatic heterocycles. The number of benzene rings is 1. The highest BCUT2D eigenvalue weighted by Crippen LogP contribution is 2.54. The van der Waals surface area contributed by atoms with Gasteiger partial charge in [-0.3, -0.25) is 4.79 Å². The predicted octanol–water partition coefficient (Wildman–Crippen LogP) is -0.723. The number of aliphatic hydroxyl groups is 3. The second-order valence-corrected chi connectivity index (χ2v) is 9.76. The third kappa shape index (κ3) is 4.56. The summed E-state index contributed by atoms with van der Waals surface area (Å²) in [5.41, 5.74) is -5.91. The van der Waals surface area contributed by atoms with Gasteiger partial charge in [-0.25, -0.2) is 14.4 Å². The number of fused-ring (bicyclic) bond motifs is 2. The lowest BCUT2D eigenvalue weighted by atomic mass is 9.74. The minimum absolute atomic E-state index is 0.138. The summed E-state index contributed by atoms with van der Waals surface area (Å²) in [4.78, 5) is 48.0. The molecule has 0 unspecified atom stereocenters. The fourth-order valence-electron chi connectivity index (χ4n) is 5.28. The van der Waals surface area contributed by atoms with E-state index in [0.29, 0.717) is 12.0 Å². The largest absolute Gasteiger partial charge is 0.479 e. The van der Waals surface area contributed by atoms with E-state index in [1.54, 1.807) is 0 Å². The van der Waals surface area contributed by atoms with E-state index < -0.39 is 65.7 Å². The molecule has 2 aliphatic heterocycles. The van der Waals surface area contributed by atoms with E-state index in [1.807, 2.05) is 37.3 Å². The van der Waals surface area contributed by atoms with Crippen LogP contribution in [0.4, 0.5) is 0 Å². The molecule has 2 bridgehead atoms. The van der Waals surface area contributed by atoms with Crippen LogP contribution in [0.5, 0.6) is 0 Å². The monoisotopic (exact) mass is 537 g/mol. The topological polar surface area (TPSA) is 220 Å². The van der Waals surface area contributed by atoms with Crippen molar-refractivity contribution in [2.24, 2.45) is 5.92 Å². The first-order valence-corrected chi connectivity index (χ1v) is 11.8. The van der Waals surface area contributed by atoms with Crippen molar-refractivity contribution in [1.29, 1.82) is 0 Å². The first-order chi connectivity index (χ1) is 17.6. The lowest BCUT2D eigenvalue weighted by Crippen LogP contribution is -2.77. The Balaban J connectivity index is 1.93. The summed E-state index contributed by atoms with van der Waals surface area (Å²) < 4.78 is 10.6. The molecule has 3 rings (SSSR count). The standard InChI is InChI=1S/C25H31NO12/c1-12(16(26-14(3)27)13(2)11-15-7-5-4-6-8-15)9-10-23-17(28)18(29)25(38-23,22(34)35)24(36,21(32)33)19(37-23)20(30)31/h4-8,13,16-19,28-29,36H,1,9-11H2,2-3H3,(H,26,27)(H,30,31)(H,32,33)(H,34,35)/t13-,16-,17-,18-,19-,23+,24-,25+/m1/s1. The van der Waals surface area contributed by atoms with Gasteiger partial charge in [0.1, 0.15) is 12.2 Å². The van der Waals surface area contributed by atoms with Crippen LogP contribution in [0.1, 0.15) is 32.3 Å². The van der Waals surface area contributed by atoms with Gasteiger partial charge in [-0.2, -0.15) is 0 Å². The zero-order valence-corrected chi connectivity index (χ0v) is 20.7. The number of aliphatic hydroxyl groups excluding tert-OH is 2. The number of ether oxygens (including phenoxy) is 2. The van der Waals surface area contributed by atoms with Crippen molar-refractivity contribution < 1.29 is 59.3 Å². The molecule has 0 aliphatic carbocycles. The Kier molecular flexibility index (Phi) is 8.01. The summed E-state index contributed by atoms with van der Waals surface area (Å²) in [7, 11) is 0. The van der Waals surface area contributed by atoms with Crippen molar-refractivity contribution in [3.63, 3.8) is 0 Å². The summed E-state index contributed by atoms with van der Waals surface area (Å²) in [6.45, 7) is 7.17. The zero-order chi connectivity index (χ0) is 28.6. The Morgan fingerprint density at radius 3 is 2.16 bits per heavy atom. The molecule has 2 heterocycles. The van der Waals surface area contributed by atoms with Crippen molar-refractivity contribution in [1.82, 2.24) is 5.32 Å². The summed E-state index contributed by atoms with van der Waals surface area (Å²) in [6.07, 6.45) is -7.66. The highest BCUT2D eigenvalue weighted by Gasteiger charge is 2.84. The van der Waals surface area contributed by atoms with Gasteiger partial charge in [0.15, 0.2) is 5.79 Å². The molecule has 0 spiro atoms. The van der Waals surface area contributed by atoms with E-state index >= 15 is 0 Å². The molecule has 0 radical (unpaired) electrons. The molecule has 1 aromatic rings. The van der Waals surface area contributed by atoms with E-state index in [4.69, 9.17) is 9.47 Å². The van der Waals surface area contributed by atoms with Crippen molar-refractivity contribution in [2.45, 2.75) is 74.5 Å². The molecular formula is C25H31NO12. The van der Waals surface area contributed by atoms with Gasteiger partial charge < -0.3 is 45.4 Å². The van der Waals surface area contributed by atoms with Gasteiger partial charge in [0.2, 0.25) is 23.2 Å². The van der Waals surface area contributed by atoms with Crippen LogP contribution >= 0.6 is 0 Å². The minimum Gasteiger partial charge on any atom is -0.479 e. The molecule has 208 valence electrons. The van der Waals surface area contributed by atoms with E-state index in [1.165, 1.54) is 6.92 Å². The van der Waals surface area contributed by atoms with Crippen LogP contribution in [0.25, 0.3) is 0 Å². The molecule has 38 heavy (non-hydrogen) atoms. The zero-order valence-electron chi connectivity index (χ0n) is 20.7. The average Bonchev–Trinajstić information content (AvgIpc) is 3.04. The molecule has 7 N–H and O–H groups in total. The lowest BCUT2D eigenvalue weighted by molar-refractivity contribution is -0.374. The highest BCUT2D eigenvalue weighted by atomic mass is 16.8. The van der Waals surface area contributed by atoms with E-state index in [9.17, 15) is 49.8 Å². The number of carboxylic acids is 3. The Bertz CT molecular complexity index is 1120. The van der Waals surface area contributed by atoms with Crippen LogP contribution in [0.3, 0.4) is 0 Å². The second kappa shape index (κ2) is 10.4. The second-order valence-electron chi connectivity index (χ2n) is 9.76. The van der Waals surface area contributed by atoms with Crippen molar-refractivity contribution in [3.05, 3.63) is 48.0 Å². The molecule has 1 aromatic carbocycles. The Morgan fingerprint density at radius 1 is 1.05 bits per heavy atom. The first kappa shape index (κ1) is 29.2. The minimum atomic E-state index is -3.80. The van der Waals surface area contributed by atoms with Crippen molar-refractivity contribution in [3.8, 4) is 0 Å². The molecule has 2 saturated heterocycles. The van der Waals surface area contributed by atoms with Crippen LogP contribution in [0, 0.1) is 5.92 Å². The number of rotatable bonds is 11. The number of amides is 1. The maximum atomic E-state index is 12.2. The summed E-state index contributed by atoms with van der Waals surface area (Å²) >= 11 is 0. The van der Waals surface area contributed by atoms with Crippen molar-refractivity contribution in [2.75, 3.05) is 0 Å². The molecule has 1 amide bonds. The van der Waals surface area contributed by atoms with Crippen LogP contribution in [0.2, 0.25) is 0 Å². The highest BCUT2D eigenvalue weighted by molar-refractivity contribution is 5.97. The molecule has 13 nitrogen and oxygen atoms in total. The molecule has 0 saturated carbocycles. The number of carboxylic acid groups (broad SMARTS) is 3. The normalized spacial score (nSPS) is 33.7. The Labute approximate surface area is 217 Å². The molecule has 2 fully saturated rings. The van der Waals surface area contributed by atoms with Crippen LogP contribution in [0.15, 0.2) is 42.5 Å². The van der Waals surface area contributed by atoms with Crippen LogP contribution in [-0.4, -0.2) is 95.8 Å². The maximum Gasteiger partial charge on any atom is 0.343 e. The Hall–Kier alpha value is -3.36. The van der Waals surface area contributed by atoms with Crippen LogP contribution < -0.4 is 5.32 Å². The lowest BCUT2D eigenvalue weighted by Gasteiger charge is -2.48. The SMILES string of the molecule is C=C(CC[C@]12O[C@H](C(=O)O)[C@@](O)(C(=O)O)[C@](C(=O)O)(O1)[C@H](O)[C@H]2O)[C@@H](NC(C)=O)[C@H](C)Cc1ccccc1. The average molecular weight is 538 g/mol. The molecule has 2 aliphatic rings. The number of carbonyl (C=O) groups is 4. The van der Waals surface area contributed by atoms with Gasteiger partial charge in [0.05, 0.1) is 6.04 Å². The van der Waals surface area contributed by atoms with Gasteiger partial charge >= 0.3 is 17.9 Å². The fraction of sp³-hybridized carbons (Fsp3) is 0.520. The first-order valence-electron chi connectivity index (χ1n) is 11.8. The van der Waals surface area contributed by atoms with E-state index in [-0.39, 0.29) is 18.2 Å². The van der Waals surface area contributed by atoms with Crippen molar-refractivity contribution >= 4 is 23.8 Å². The predicted molar refractivity (Wildman–Crippen MR) is 127 cm³/mol. The van der Waals surface area contributed by atoms with Crippen LogP contribution in [-0.2, 0) is 35.1 Å². The number of hydrogen-bond acceptors (Lipinski definition) is 9. The Morgan fingerprint density at radius 2 is 1.66 bits per heavy atom. The molecule has 13 heteroatoms. The van der Waals surface area contributed by atoms with Gasteiger partial charge in [-0.05, 0) is 24.3 Å². The third-order valence-electron chi connectivity index (χ3n) is 7.19. The number of hydrogen-bond donors (Lipinski definition) is 7. The van der Waals surface area contributed by atoms with E-state index in [0.717, 1.165) is 5.56 Å². The van der Waals surface area contributed by atoms with E-state index in [2.05, 4.69) is 11.9 Å². The van der Waals surface area contributed by atoms with Gasteiger partial charge in [0.25, 0.3) is 0 Å². The summed E-state index contributed by atoms with van der Waals surface area (Å²) in [5, 5.41) is 64.1. The summed E-state index contributed by atoms with van der Waals surface area (Å²) in [5.74, 6) is -9.70. The van der Waals surface area contributed by atoms with Gasteiger partial charge in [0, 0.05) is 13.3 Å². The quantitative estimate of drug-likeness (QED) is 0.174. The maximum absolute atomic E-state index is 12.2. The molecule has 8 atom stereocenters. The smallest absolute Gasteiger partial charge is 0.343 e. The number of carbonyl (C=O) groups excluding carboxylic acids is 1. The fourth-order valence-corrected chi connectivity index (χ4v) is 5.28. The summed E-state index contributed by atoms with van der Waals surface area (Å²) in [6, 6.07) is 8.77.